The molecule has 2 aromatic rings. The zero-order valence-electron chi connectivity index (χ0n) is 27.1. The van der Waals surface area contributed by atoms with Gasteiger partial charge in [0.1, 0.15) is 19.2 Å². The smallest absolute Gasteiger partial charge is 0.262 e. The predicted molar refractivity (Wildman–Crippen MR) is 170 cm³/mol. The van der Waals surface area contributed by atoms with Crippen LogP contribution in [0.1, 0.15) is 96.5 Å². The molecule has 2 heterocycles. The van der Waals surface area contributed by atoms with E-state index >= 15 is 0 Å². The Kier molecular flexibility index (Phi) is 14.3. The molecule has 1 aromatic heterocycles. The minimum absolute atomic E-state index is 0.0650. The molecule has 1 aromatic carbocycles. The summed E-state index contributed by atoms with van der Waals surface area (Å²) in [6.07, 6.45) is 14.9. The molecule has 2 aliphatic rings. The first-order chi connectivity index (χ1) is 21.9. The van der Waals surface area contributed by atoms with Crippen LogP contribution in [0, 0.1) is 23.7 Å². The maximum absolute atomic E-state index is 14.1. The van der Waals surface area contributed by atoms with Crippen LogP contribution in [0.5, 0.6) is 0 Å². The van der Waals surface area contributed by atoms with Gasteiger partial charge in [0.05, 0.1) is 11.8 Å². The zero-order chi connectivity index (χ0) is 31.9. The quantitative estimate of drug-likeness (QED) is 0.252. The molecule has 4 rings (SSSR count). The number of hydrazine groups is 1. The van der Waals surface area contributed by atoms with Crippen molar-refractivity contribution >= 4 is 17.7 Å². The van der Waals surface area contributed by atoms with Crippen LogP contribution in [0.15, 0.2) is 43.0 Å². The number of amides is 3. The number of hydroxylamine groups is 1. The second kappa shape index (κ2) is 18.6. The summed E-state index contributed by atoms with van der Waals surface area (Å²) in [5, 5.41) is 5.43. The van der Waals surface area contributed by atoms with Gasteiger partial charge in [-0.05, 0) is 49.5 Å². The Morgan fingerprint density at radius 3 is 2.49 bits per heavy atom. The molecular weight excluding hydrogens is 572 g/mol. The summed E-state index contributed by atoms with van der Waals surface area (Å²) in [5.74, 6) is -1.39. The summed E-state index contributed by atoms with van der Waals surface area (Å²) in [5.41, 5.74) is 6.63. The van der Waals surface area contributed by atoms with Gasteiger partial charge in [0.15, 0.2) is 6.29 Å². The largest absolute Gasteiger partial charge is 0.350 e. The lowest BCUT2D eigenvalue weighted by Gasteiger charge is -2.31. The third-order valence-electron chi connectivity index (χ3n) is 8.94. The van der Waals surface area contributed by atoms with Crippen LogP contribution in [0.3, 0.4) is 0 Å². The Balaban J connectivity index is 1.49. The third-order valence-corrected chi connectivity index (χ3v) is 8.94. The number of nitrogens with zero attached hydrogens (tertiary/aromatic N) is 4. The maximum atomic E-state index is 14.1. The summed E-state index contributed by atoms with van der Waals surface area (Å²) in [4.78, 5) is 51.0. The summed E-state index contributed by atoms with van der Waals surface area (Å²) in [7, 11) is 0. The van der Waals surface area contributed by atoms with Crippen LogP contribution < -0.4 is 10.9 Å². The summed E-state index contributed by atoms with van der Waals surface area (Å²) in [6.45, 7) is 4.91. The van der Waals surface area contributed by atoms with Crippen molar-refractivity contribution in [3.63, 3.8) is 0 Å². The second-order valence-electron chi connectivity index (χ2n) is 13.0. The van der Waals surface area contributed by atoms with Gasteiger partial charge in [-0.3, -0.25) is 24.8 Å². The number of aromatic nitrogens is 3. The Morgan fingerprint density at radius 1 is 1.02 bits per heavy atom. The summed E-state index contributed by atoms with van der Waals surface area (Å²) in [6, 6.07) is 9.83. The highest BCUT2D eigenvalue weighted by atomic mass is 16.8. The van der Waals surface area contributed by atoms with Crippen molar-refractivity contribution in [3.8, 4) is 0 Å². The van der Waals surface area contributed by atoms with Gasteiger partial charge in [0.25, 0.3) is 5.91 Å². The molecule has 1 saturated heterocycles. The number of rotatable bonds is 16. The minimum Gasteiger partial charge on any atom is -0.350 e. The normalized spacial score (nSPS) is 18.7. The molecule has 2 fully saturated rings. The van der Waals surface area contributed by atoms with Gasteiger partial charge in [0, 0.05) is 19.6 Å². The maximum Gasteiger partial charge on any atom is 0.262 e. The van der Waals surface area contributed by atoms with Gasteiger partial charge in [-0.15, -0.1) is 0 Å². The van der Waals surface area contributed by atoms with Crippen LogP contribution in [0.2, 0.25) is 0 Å². The number of ether oxygens (including phenoxy) is 1. The fraction of sp³-hybridized carbons (Fsp3) is 0.676. The fourth-order valence-corrected chi connectivity index (χ4v) is 6.47. The van der Waals surface area contributed by atoms with Gasteiger partial charge in [-0.2, -0.15) is 5.10 Å². The van der Waals surface area contributed by atoms with E-state index in [4.69, 9.17) is 9.57 Å². The number of hydrogen-bond donors (Lipinski definition) is 2. The average Bonchev–Trinajstić information content (AvgIpc) is 3.57. The average molecular weight is 625 g/mol. The SMILES string of the molecule is CC(C)C[C@@H](C(=O)NN(CCc1ccccc1)C(=O)Cn1cncn1)[C@H](CCCC1CCCCC1)C(=O)NOC1CCCCO1. The van der Waals surface area contributed by atoms with E-state index in [2.05, 4.69) is 21.0 Å². The number of benzene rings is 1. The van der Waals surface area contributed by atoms with Crippen molar-refractivity contribution in [3.05, 3.63) is 48.5 Å². The molecule has 0 bridgehead atoms. The van der Waals surface area contributed by atoms with Crippen molar-refractivity contribution in [1.29, 1.82) is 0 Å². The molecule has 3 atom stereocenters. The highest BCUT2D eigenvalue weighted by molar-refractivity contribution is 5.88. The highest BCUT2D eigenvalue weighted by Crippen LogP contribution is 2.31. The Labute approximate surface area is 267 Å². The van der Waals surface area contributed by atoms with Crippen molar-refractivity contribution in [2.24, 2.45) is 23.7 Å². The molecular formula is C34H52N6O5. The van der Waals surface area contributed by atoms with Gasteiger partial charge in [0.2, 0.25) is 11.8 Å². The molecule has 1 aliphatic carbocycles. The van der Waals surface area contributed by atoms with E-state index in [-0.39, 0.29) is 36.7 Å². The summed E-state index contributed by atoms with van der Waals surface area (Å²) < 4.78 is 7.09. The van der Waals surface area contributed by atoms with Crippen LogP contribution in [-0.2, 0) is 36.9 Å². The molecule has 11 nitrogen and oxygen atoms in total. The predicted octanol–water partition coefficient (Wildman–Crippen LogP) is 4.98. The van der Waals surface area contributed by atoms with Crippen LogP contribution in [0.25, 0.3) is 0 Å². The van der Waals surface area contributed by atoms with E-state index in [1.54, 1.807) is 0 Å². The van der Waals surface area contributed by atoms with Gasteiger partial charge in [-0.1, -0.05) is 89.1 Å². The number of carbonyl (C=O) groups excluding carboxylic acids is 3. The molecule has 248 valence electrons. The van der Waals surface area contributed by atoms with Gasteiger partial charge < -0.3 is 4.74 Å². The Morgan fingerprint density at radius 2 is 1.80 bits per heavy atom. The van der Waals surface area contributed by atoms with Gasteiger partial charge in [-0.25, -0.2) is 20.0 Å². The van der Waals surface area contributed by atoms with E-state index in [9.17, 15) is 14.4 Å². The molecule has 1 unspecified atom stereocenters. The van der Waals surface area contributed by atoms with E-state index < -0.39 is 18.1 Å². The molecule has 2 N–H and O–H groups in total. The van der Waals surface area contributed by atoms with E-state index in [1.165, 1.54) is 54.4 Å². The Bertz CT molecular complexity index is 1150. The third kappa shape index (κ3) is 11.9. The fourth-order valence-electron chi connectivity index (χ4n) is 6.47. The topological polar surface area (TPSA) is 128 Å². The number of nitrogens with one attached hydrogen (secondary N) is 2. The lowest BCUT2D eigenvalue weighted by Crippen LogP contribution is -2.52. The van der Waals surface area contributed by atoms with E-state index in [1.807, 2.05) is 44.2 Å². The first kappa shape index (κ1) is 34.6. The number of carbonyl (C=O) groups is 3. The molecule has 3 amide bonds. The first-order valence-corrected chi connectivity index (χ1v) is 16.9. The van der Waals surface area contributed by atoms with Crippen molar-refractivity contribution in [1.82, 2.24) is 30.7 Å². The molecule has 1 aliphatic heterocycles. The van der Waals surface area contributed by atoms with E-state index in [0.717, 1.165) is 31.2 Å². The molecule has 45 heavy (non-hydrogen) atoms. The first-order valence-electron chi connectivity index (χ1n) is 16.9. The molecule has 0 spiro atoms. The van der Waals surface area contributed by atoms with Crippen molar-refractivity contribution < 1.29 is 24.0 Å². The molecule has 1 saturated carbocycles. The lowest BCUT2D eigenvalue weighted by atomic mass is 9.79. The van der Waals surface area contributed by atoms with Crippen LogP contribution in [-0.4, -0.2) is 56.9 Å². The Hall–Kier alpha value is -3.31. The second-order valence-corrected chi connectivity index (χ2v) is 13.0. The summed E-state index contributed by atoms with van der Waals surface area (Å²) >= 11 is 0. The molecule has 0 radical (unpaired) electrons. The molecule has 11 heteroatoms. The number of hydrogen-bond acceptors (Lipinski definition) is 7. The van der Waals surface area contributed by atoms with Gasteiger partial charge >= 0.3 is 0 Å². The van der Waals surface area contributed by atoms with Crippen LogP contribution in [0.4, 0.5) is 0 Å². The minimum atomic E-state index is -0.648. The highest BCUT2D eigenvalue weighted by Gasteiger charge is 2.36. The standard InChI is InChI=1S/C34H52N6O5/c1-26(2)22-30(29(17-11-16-27-12-5-3-6-13-27)34(43)38-45-32-18-9-10-21-44-32)33(42)37-40(20-19-28-14-7-4-8-15-28)31(41)23-39-25-35-24-36-39/h4,7-8,14-15,24-27,29-30,32H,3,5-6,9-13,16-23H2,1-2H3,(H,37,42)(H,38,43)/t29-,30+,32?/m0/s1. The van der Waals surface area contributed by atoms with Crippen LogP contribution >= 0.6 is 0 Å². The lowest BCUT2D eigenvalue weighted by molar-refractivity contribution is -0.203. The van der Waals surface area contributed by atoms with E-state index in [0.29, 0.717) is 38.2 Å². The zero-order valence-corrected chi connectivity index (χ0v) is 27.1. The van der Waals surface area contributed by atoms with Crippen molar-refractivity contribution in [2.45, 2.75) is 110 Å². The monoisotopic (exact) mass is 624 g/mol. The van der Waals surface area contributed by atoms with Crippen molar-refractivity contribution in [2.75, 3.05) is 13.2 Å².